The van der Waals surface area contributed by atoms with Gasteiger partial charge in [0.15, 0.2) is 0 Å². The highest BCUT2D eigenvalue weighted by Gasteiger charge is 2.30. The lowest BCUT2D eigenvalue weighted by Crippen LogP contribution is -2.07. The molecule has 1 aliphatic carbocycles. The number of aryl methyl sites for hydroxylation is 2. The summed E-state index contributed by atoms with van der Waals surface area (Å²) in [5, 5.41) is 0. The topological polar surface area (TPSA) is 43.8 Å². The number of nitrogens with two attached hydrogens (primary N) is 1. The molecule has 1 aromatic carbocycles. The lowest BCUT2D eigenvalue weighted by atomic mass is 10.1. The van der Waals surface area contributed by atoms with Crippen LogP contribution in [-0.4, -0.2) is 9.55 Å². The first-order chi connectivity index (χ1) is 10.3. The molecule has 112 valence electrons. The molecule has 3 rings (SSSR count). The normalized spacial score (nSPS) is 14.5. The minimum atomic E-state index is 0.662. The van der Waals surface area contributed by atoms with Crippen LogP contribution in [0.15, 0.2) is 30.3 Å². The van der Waals surface area contributed by atoms with Crippen LogP contribution >= 0.6 is 0 Å². The summed E-state index contributed by atoms with van der Waals surface area (Å²) in [5.74, 6) is 2.81. The predicted molar refractivity (Wildman–Crippen MR) is 87.4 cm³/mol. The van der Waals surface area contributed by atoms with E-state index in [1.165, 1.54) is 37.1 Å². The van der Waals surface area contributed by atoms with E-state index in [2.05, 4.69) is 41.8 Å². The summed E-state index contributed by atoms with van der Waals surface area (Å²) >= 11 is 0. The van der Waals surface area contributed by atoms with Crippen LogP contribution in [0.3, 0.4) is 0 Å². The van der Waals surface area contributed by atoms with E-state index in [1.54, 1.807) is 0 Å². The molecule has 2 aromatic rings. The zero-order valence-electron chi connectivity index (χ0n) is 12.9. The van der Waals surface area contributed by atoms with Gasteiger partial charge in [-0.1, -0.05) is 43.7 Å². The Morgan fingerprint density at radius 3 is 2.62 bits per heavy atom. The Labute approximate surface area is 127 Å². The molecule has 1 aromatic heterocycles. The van der Waals surface area contributed by atoms with Gasteiger partial charge in [0, 0.05) is 12.5 Å². The van der Waals surface area contributed by atoms with Gasteiger partial charge in [-0.25, -0.2) is 4.98 Å². The molecule has 0 bridgehead atoms. The number of imidazole rings is 1. The van der Waals surface area contributed by atoms with E-state index in [0.29, 0.717) is 5.92 Å². The van der Waals surface area contributed by atoms with Gasteiger partial charge >= 0.3 is 0 Å². The Morgan fingerprint density at radius 1 is 1.19 bits per heavy atom. The van der Waals surface area contributed by atoms with Crippen molar-refractivity contribution < 1.29 is 0 Å². The largest absolute Gasteiger partial charge is 0.384 e. The summed E-state index contributed by atoms with van der Waals surface area (Å²) in [5.41, 5.74) is 8.82. The van der Waals surface area contributed by atoms with Gasteiger partial charge in [-0.15, -0.1) is 0 Å². The first-order valence-corrected chi connectivity index (χ1v) is 8.18. The van der Waals surface area contributed by atoms with Gasteiger partial charge in [0.25, 0.3) is 0 Å². The molecule has 0 spiro atoms. The first-order valence-electron chi connectivity index (χ1n) is 8.18. The predicted octanol–water partition coefficient (Wildman–Crippen LogP) is 3.93. The second-order valence-electron chi connectivity index (χ2n) is 6.07. The number of rotatable bonds is 7. The van der Waals surface area contributed by atoms with Crippen LogP contribution in [0.5, 0.6) is 0 Å². The number of nitrogen functional groups attached to an aromatic ring is 1. The molecule has 0 aliphatic heterocycles. The van der Waals surface area contributed by atoms with E-state index in [-0.39, 0.29) is 0 Å². The molecule has 1 saturated carbocycles. The Kier molecular flexibility index (Phi) is 4.28. The molecule has 0 atom stereocenters. The maximum absolute atomic E-state index is 6.38. The number of unbranched alkanes of at least 4 members (excludes halogenated alkanes) is 1. The molecule has 0 unspecified atom stereocenters. The summed E-state index contributed by atoms with van der Waals surface area (Å²) in [6, 6.07) is 10.6. The highest BCUT2D eigenvalue weighted by atomic mass is 15.1. The maximum atomic E-state index is 6.38. The SMILES string of the molecule is CCCCn1c(C2CC2)nc(CCc2ccccc2)c1N. The third kappa shape index (κ3) is 3.29. The molecule has 2 N–H and O–H groups in total. The fraction of sp³-hybridized carbons (Fsp3) is 0.500. The van der Waals surface area contributed by atoms with Crippen LogP contribution in [0.25, 0.3) is 0 Å². The standard InChI is InChI=1S/C18H25N3/c1-2-3-13-21-17(19)16(20-18(21)15-10-11-15)12-9-14-7-5-4-6-8-14/h4-8,15H,2-3,9-13,19H2,1H3. The third-order valence-corrected chi connectivity index (χ3v) is 4.28. The van der Waals surface area contributed by atoms with Crippen molar-refractivity contribution in [2.45, 2.75) is 57.9 Å². The second kappa shape index (κ2) is 6.33. The van der Waals surface area contributed by atoms with Crippen molar-refractivity contribution in [2.75, 3.05) is 5.73 Å². The van der Waals surface area contributed by atoms with Gasteiger partial charge in [0.05, 0.1) is 5.69 Å². The molecule has 0 radical (unpaired) electrons. The van der Waals surface area contributed by atoms with Crippen molar-refractivity contribution in [2.24, 2.45) is 0 Å². The minimum Gasteiger partial charge on any atom is -0.384 e. The average molecular weight is 283 g/mol. The minimum absolute atomic E-state index is 0.662. The van der Waals surface area contributed by atoms with Gasteiger partial charge in [0.1, 0.15) is 11.6 Å². The van der Waals surface area contributed by atoms with Gasteiger partial charge in [-0.2, -0.15) is 0 Å². The number of aromatic nitrogens is 2. The summed E-state index contributed by atoms with van der Waals surface area (Å²) < 4.78 is 2.28. The highest BCUT2D eigenvalue weighted by molar-refractivity contribution is 5.40. The van der Waals surface area contributed by atoms with E-state index in [1.807, 2.05) is 0 Å². The molecule has 21 heavy (non-hydrogen) atoms. The van der Waals surface area contributed by atoms with E-state index in [9.17, 15) is 0 Å². The summed E-state index contributed by atoms with van der Waals surface area (Å²) in [7, 11) is 0. The molecular formula is C18H25N3. The molecule has 0 amide bonds. The number of nitrogens with zero attached hydrogens (tertiary/aromatic N) is 2. The van der Waals surface area contributed by atoms with Crippen molar-refractivity contribution in [1.29, 1.82) is 0 Å². The molecule has 1 fully saturated rings. The molecule has 1 aliphatic rings. The Bertz CT molecular complexity index is 582. The van der Waals surface area contributed by atoms with E-state index in [0.717, 1.165) is 30.9 Å². The smallest absolute Gasteiger partial charge is 0.126 e. The lowest BCUT2D eigenvalue weighted by Gasteiger charge is -2.08. The zero-order chi connectivity index (χ0) is 14.7. The monoisotopic (exact) mass is 283 g/mol. The molecule has 1 heterocycles. The second-order valence-corrected chi connectivity index (χ2v) is 6.07. The van der Waals surface area contributed by atoms with Crippen LogP contribution in [0.2, 0.25) is 0 Å². The van der Waals surface area contributed by atoms with E-state index >= 15 is 0 Å². The van der Waals surface area contributed by atoms with Gasteiger partial charge < -0.3 is 10.3 Å². The fourth-order valence-corrected chi connectivity index (χ4v) is 2.83. The van der Waals surface area contributed by atoms with Gasteiger partial charge in [-0.05, 0) is 37.7 Å². The lowest BCUT2D eigenvalue weighted by molar-refractivity contribution is 0.609. The Morgan fingerprint density at radius 2 is 1.95 bits per heavy atom. The Balaban J connectivity index is 1.75. The van der Waals surface area contributed by atoms with Gasteiger partial charge in [0.2, 0.25) is 0 Å². The molecule has 3 heteroatoms. The van der Waals surface area contributed by atoms with E-state index < -0.39 is 0 Å². The van der Waals surface area contributed by atoms with E-state index in [4.69, 9.17) is 10.7 Å². The van der Waals surface area contributed by atoms with Crippen molar-refractivity contribution in [3.63, 3.8) is 0 Å². The first kappa shape index (κ1) is 14.2. The van der Waals surface area contributed by atoms with Crippen LogP contribution in [-0.2, 0) is 19.4 Å². The summed E-state index contributed by atoms with van der Waals surface area (Å²) in [4.78, 5) is 4.88. The molecular weight excluding hydrogens is 258 g/mol. The quantitative estimate of drug-likeness (QED) is 0.836. The van der Waals surface area contributed by atoms with Crippen molar-refractivity contribution >= 4 is 5.82 Å². The number of anilines is 1. The van der Waals surface area contributed by atoms with Gasteiger partial charge in [-0.3, -0.25) is 0 Å². The van der Waals surface area contributed by atoms with Crippen molar-refractivity contribution in [3.05, 3.63) is 47.4 Å². The number of hydrogen-bond acceptors (Lipinski definition) is 2. The van der Waals surface area contributed by atoms with Crippen molar-refractivity contribution in [3.8, 4) is 0 Å². The summed E-state index contributed by atoms with van der Waals surface area (Å²) in [6.07, 6.45) is 6.88. The van der Waals surface area contributed by atoms with Crippen LogP contribution in [0, 0.1) is 0 Å². The molecule has 0 saturated heterocycles. The number of hydrogen-bond donors (Lipinski definition) is 1. The summed E-state index contributed by atoms with van der Waals surface area (Å²) in [6.45, 7) is 3.24. The van der Waals surface area contributed by atoms with Crippen LogP contribution in [0.4, 0.5) is 5.82 Å². The van der Waals surface area contributed by atoms with Crippen molar-refractivity contribution in [1.82, 2.24) is 9.55 Å². The maximum Gasteiger partial charge on any atom is 0.126 e. The zero-order valence-corrected chi connectivity index (χ0v) is 12.9. The van der Waals surface area contributed by atoms with Crippen LogP contribution in [0.1, 0.15) is 55.6 Å². The highest BCUT2D eigenvalue weighted by Crippen LogP contribution is 2.41. The van der Waals surface area contributed by atoms with Crippen LogP contribution < -0.4 is 5.73 Å². The average Bonchev–Trinajstić information content (AvgIpc) is 3.30. The molecule has 3 nitrogen and oxygen atoms in total. The Hall–Kier alpha value is -1.77. The fourth-order valence-electron chi connectivity index (χ4n) is 2.83. The third-order valence-electron chi connectivity index (χ3n) is 4.28. The number of benzene rings is 1.